The van der Waals surface area contributed by atoms with Crippen molar-refractivity contribution in [3.8, 4) is 0 Å². The van der Waals surface area contributed by atoms with E-state index < -0.39 is 5.97 Å². The van der Waals surface area contributed by atoms with E-state index in [1.54, 1.807) is 20.0 Å². The highest BCUT2D eigenvalue weighted by Gasteiger charge is 2.19. The standard InChI is InChI=1S/C15H24N2O4/c1-9(2)10(3)16-15(19)17(5)8-12-7-13(11(4)21-12)14(18)20-6/h7,9-10H,8H2,1-6H3,(H,16,19). The molecule has 1 aromatic heterocycles. The van der Waals surface area contributed by atoms with Gasteiger partial charge in [-0.3, -0.25) is 0 Å². The lowest BCUT2D eigenvalue weighted by Crippen LogP contribution is -2.43. The third kappa shape index (κ3) is 4.51. The number of carbonyl (C=O) groups excluding carboxylic acids is 2. The van der Waals surface area contributed by atoms with Crippen LogP contribution in [0.25, 0.3) is 0 Å². The van der Waals surface area contributed by atoms with Crippen LogP contribution in [0.2, 0.25) is 0 Å². The first-order valence-corrected chi connectivity index (χ1v) is 6.95. The first-order valence-electron chi connectivity index (χ1n) is 6.95. The van der Waals surface area contributed by atoms with E-state index in [9.17, 15) is 9.59 Å². The minimum atomic E-state index is -0.442. The molecule has 0 bridgehead atoms. The molecule has 1 rings (SSSR count). The predicted octanol–water partition coefficient (Wildman–Crippen LogP) is 2.56. The van der Waals surface area contributed by atoms with Crippen LogP contribution in [0.4, 0.5) is 4.79 Å². The van der Waals surface area contributed by atoms with Crippen molar-refractivity contribution >= 4 is 12.0 Å². The second-order valence-corrected chi connectivity index (χ2v) is 5.51. The fourth-order valence-electron chi connectivity index (χ4n) is 1.71. The number of amides is 2. The third-order valence-electron chi connectivity index (χ3n) is 3.46. The summed E-state index contributed by atoms with van der Waals surface area (Å²) in [6.07, 6.45) is 0. The number of nitrogens with one attached hydrogen (secondary N) is 1. The molecule has 0 aliphatic heterocycles. The molecule has 0 fully saturated rings. The average Bonchev–Trinajstić information content (AvgIpc) is 2.78. The van der Waals surface area contributed by atoms with E-state index in [4.69, 9.17) is 4.42 Å². The molecule has 0 aliphatic carbocycles. The van der Waals surface area contributed by atoms with Gasteiger partial charge < -0.3 is 19.4 Å². The molecule has 1 unspecified atom stereocenters. The molecule has 0 aliphatic rings. The van der Waals surface area contributed by atoms with Crippen LogP contribution in [-0.2, 0) is 11.3 Å². The minimum Gasteiger partial charge on any atom is -0.465 e. The number of hydrogen-bond donors (Lipinski definition) is 1. The van der Waals surface area contributed by atoms with Gasteiger partial charge in [0.05, 0.1) is 13.7 Å². The van der Waals surface area contributed by atoms with E-state index in [-0.39, 0.29) is 18.6 Å². The Morgan fingerprint density at radius 2 is 2.00 bits per heavy atom. The Balaban J connectivity index is 2.68. The predicted molar refractivity (Wildman–Crippen MR) is 79.1 cm³/mol. The van der Waals surface area contributed by atoms with Gasteiger partial charge in [0.25, 0.3) is 0 Å². The number of urea groups is 1. The summed E-state index contributed by atoms with van der Waals surface area (Å²) in [4.78, 5) is 25.1. The second-order valence-electron chi connectivity index (χ2n) is 5.51. The van der Waals surface area contributed by atoms with E-state index in [1.807, 2.05) is 20.8 Å². The Bertz CT molecular complexity index is 508. The fraction of sp³-hybridized carbons (Fsp3) is 0.600. The topological polar surface area (TPSA) is 71.8 Å². The number of furan rings is 1. The molecular weight excluding hydrogens is 272 g/mol. The van der Waals surface area contributed by atoms with Crippen molar-refractivity contribution in [3.63, 3.8) is 0 Å². The lowest BCUT2D eigenvalue weighted by molar-refractivity contribution is 0.0598. The van der Waals surface area contributed by atoms with Gasteiger partial charge >= 0.3 is 12.0 Å². The van der Waals surface area contributed by atoms with Crippen LogP contribution in [-0.4, -0.2) is 37.1 Å². The Morgan fingerprint density at radius 1 is 1.38 bits per heavy atom. The number of esters is 1. The van der Waals surface area contributed by atoms with Crippen molar-refractivity contribution in [2.45, 2.75) is 40.3 Å². The maximum Gasteiger partial charge on any atom is 0.341 e. The Kier molecular flexibility index (Phi) is 5.81. The summed E-state index contributed by atoms with van der Waals surface area (Å²) in [5.74, 6) is 0.950. The molecule has 1 atom stereocenters. The molecule has 118 valence electrons. The number of hydrogen-bond acceptors (Lipinski definition) is 4. The normalized spacial score (nSPS) is 12.1. The Hall–Kier alpha value is -1.98. The molecule has 1 heterocycles. The van der Waals surface area contributed by atoms with Crippen molar-refractivity contribution in [2.24, 2.45) is 5.92 Å². The Labute approximate surface area is 125 Å². The minimum absolute atomic E-state index is 0.0870. The summed E-state index contributed by atoms with van der Waals surface area (Å²) in [5.41, 5.74) is 0.386. The van der Waals surface area contributed by atoms with E-state index in [0.717, 1.165) is 0 Å². The number of rotatable bonds is 5. The number of carbonyl (C=O) groups is 2. The fourth-order valence-corrected chi connectivity index (χ4v) is 1.71. The van der Waals surface area contributed by atoms with Gasteiger partial charge in [-0.25, -0.2) is 9.59 Å². The van der Waals surface area contributed by atoms with Crippen LogP contribution in [0.1, 0.15) is 42.6 Å². The van der Waals surface area contributed by atoms with Gasteiger partial charge in [-0.1, -0.05) is 13.8 Å². The van der Waals surface area contributed by atoms with Crippen LogP contribution in [0, 0.1) is 12.8 Å². The largest absolute Gasteiger partial charge is 0.465 e. The van der Waals surface area contributed by atoms with Gasteiger partial charge in [-0.15, -0.1) is 0 Å². The van der Waals surface area contributed by atoms with Crippen molar-refractivity contribution < 1.29 is 18.7 Å². The molecule has 2 amide bonds. The maximum atomic E-state index is 12.0. The van der Waals surface area contributed by atoms with Crippen LogP contribution in [0.3, 0.4) is 0 Å². The number of nitrogens with zero attached hydrogens (tertiary/aromatic N) is 1. The molecule has 0 aromatic carbocycles. The number of ether oxygens (including phenoxy) is 1. The third-order valence-corrected chi connectivity index (χ3v) is 3.46. The summed E-state index contributed by atoms with van der Waals surface area (Å²) in [6, 6.07) is 1.52. The van der Waals surface area contributed by atoms with Crippen molar-refractivity contribution in [2.75, 3.05) is 14.2 Å². The highest BCUT2D eigenvalue weighted by molar-refractivity contribution is 5.90. The summed E-state index contributed by atoms with van der Waals surface area (Å²) in [5, 5.41) is 2.91. The SMILES string of the molecule is COC(=O)c1cc(CN(C)C(=O)NC(C)C(C)C)oc1C. The lowest BCUT2D eigenvalue weighted by Gasteiger charge is -2.22. The zero-order valence-electron chi connectivity index (χ0n) is 13.5. The quantitative estimate of drug-likeness (QED) is 0.848. The average molecular weight is 296 g/mol. The van der Waals surface area contributed by atoms with Crippen molar-refractivity contribution in [3.05, 3.63) is 23.2 Å². The summed E-state index contributed by atoms with van der Waals surface area (Å²) < 4.78 is 10.2. The summed E-state index contributed by atoms with van der Waals surface area (Å²) in [7, 11) is 3.00. The van der Waals surface area contributed by atoms with Crippen LogP contribution >= 0.6 is 0 Å². The van der Waals surface area contributed by atoms with Crippen molar-refractivity contribution in [1.29, 1.82) is 0 Å². The number of methoxy groups -OCH3 is 1. The monoisotopic (exact) mass is 296 g/mol. The van der Waals surface area contributed by atoms with Gasteiger partial charge in [0.1, 0.15) is 17.1 Å². The first kappa shape index (κ1) is 17.1. The van der Waals surface area contributed by atoms with Crippen LogP contribution in [0.15, 0.2) is 10.5 Å². The summed E-state index contributed by atoms with van der Waals surface area (Å²) >= 11 is 0. The molecular formula is C15H24N2O4. The molecule has 0 spiro atoms. The number of aryl methyl sites for hydroxylation is 1. The van der Waals surface area contributed by atoms with E-state index in [2.05, 4.69) is 10.1 Å². The van der Waals surface area contributed by atoms with E-state index >= 15 is 0 Å². The van der Waals surface area contributed by atoms with E-state index in [0.29, 0.717) is 23.0 Å². The van der Waals surface area contributed by atoms with Gasteiger partial charge in [-0.05, 0) is 25.8 Å². The summed E-state index contributed by atoms with van der Waals surface area (Å²) in [6.45, 7) is 8.03. The molecule has 1 aromatic rings. The molecule has 0 saturated carbocycles. The molecule has 6 nitrogen and oxygen atoms in total. The molecule has 0 radical (unpaired) electrons. The molecule has 21 heavy (non-hydrogen) atoms. The zero-order valence-corrected chi connectivity index (χ0v) is 13.5. The lowest BCUT2D eigenvalue weighted by atomic mass is 10.1. The smallest absolute Gasteiger partial charge is 0.341 e. The van der Waals surface area contributed by atoms with Gasteiger partial charge in [0.15, 0.2) is 0 Å². The van der Waals surface area contributed by atoms with Gasteiger partial charge in [-0.2, -0.15) is 0 Å². The van der Waals surface area contributed by atoms with Gasteiger partial charge in [0, 0.05) is 13.1 Å². The molecule has 6 heteroatoms. The highest BCUT2D eigenvalue weighted by atomic mass is 16.5. The zero-order chi connectivity index (χ0) is 16.2. The molecule has 1 N–H and O–H groups in total. The maximum absolute atomic E-state index is 12.0. The first-order chi connectivity index (χ1) is 9.76. The Morgan fingerprint density at radius 3 is 2.52 bits per heavy atom. The van der Waals surface area contributed by atoms with Crippen molar-refractivity contribution in [1.82, 2.24) is 10.2 Å². The van der Waals surface area contributed by atoms with Crippen LogP contribution in [0.5, 0.6) is 0 Å². The van der Waals surface area contributed by atoms with E-state index in [1.165, 1.54) is 12.0 Å². The van der Waals surface area contributed by atoms with Crippen LogP contribution < -0.4 is 5.32 Å². The van der Waals surface area contributed by atoms with Gasteiger partial charge in [0.2, 0.25) is 0 Å². The second kappa shape index (κ2) is 7.15. The molecule has 0 saturated heterocycles. The highest BCUT2D eigenvalue weighted by Crippen LogP contribution is 2.17.